The van der Waals surface area contributed by atoms with Crippen LogP contribution in [0.5, 0.6) is 5.75 Å². The highest BCUT2D eigenvalue weighted by atomic mass is 16.5. The summed E-state index contributed by atoms with van der Waals surface area (Å²) in [4.78, 5) is 21.0. The summed E-state index contributed by atoms with van der Waals surface area (Å²) >= 11 is 0. The summed E-state index contributed by atoms with van der Waals surface area (Å²) in [6.07, 6.45) is 2.35. The first-order valence-electron chi connectivity index (χ1n) is 5.77. The predicted molar refractivity (Wildman–Crippen MR) is 65.0 cm³/mol. The average Bonchev–Trinajstić information content (AvgIpc) is 2.33. The molecule has 0 amide bonds. The van der Waals surface area contributed by atoms with Crippen LogP contribution < -0.4 is 4.74 Å². The molecule has 1 rings (SSSR count). The van der Waals surface area contributed by atoms with E-state index in [0.29, 0.717) is 18.8 Å². The highest BCUT2D eigenvalue weighted by molar-refractivity contribution is 5.87. The molecular weight excluding hydrogens is 236 g/mol. The first-order valence-corrected chi connectivity index (χ1v) is 5.77. The Labute approximate surface area is 105 Å². The van der Waals surface area contributed by atoms with E-state index in [-0.39, 0.29) is 12.0 Å². The van der Waals surface area contributed by atoms with Crippen LogP contribution in [-0.2, 0) is 4.79 Å². The summed E-state index contributed by atoms with van der Waals surface area (Å²) < 4.78 is 5.39. The molecule has 5 nitrogen and oxygen atoms in total. The van der Waals surface area contributed by atoms with Crippen molar-refractivity contribution in [1.82, 2.24) is 0 Å². The molecule has 0 atom stereocenters. The van der Waals surface area contributed by atoms with Gasteiger partial charge in [-0.1, -0.05) is 6.07 Å². The maximum Gasteiger partial charge on any atom is 0.335 e. The predicted octanol–water partition coefficient (Wildman–Crippen LogP) is 2.41. The second-order valence-electron chi connectivity index (χ2n) is 3.89. The van der Waals surface area contributed by atoms with Gasteiger partial charge in [0.25, 0.3) is 0 Å². The van der Waals surface area contributed by atoms with Gasteiger partial charge in [0, 0.05) is 6.42 Å². The van der Waals surface area contributed by atoms with Crippen LogP contribution in [0.2, 0.25) is 0 Å². The van der Waals surface area contributed by atoms with Crippen molar-refractivity contribution in [2.75, 3.05) is 6.61 Å². The minimum atomic E-state index is -0.984. The van der Waals surface area contributed by atoms with Crippen LogP contribution in [0.25, 0.3) is 0 Å². The molecule has 0 aliphatic carbocycles. The number of benzene rings is 1. The fourth-order valence-corrected chi connectivity index (χ4v) is 1.46. The minimum absolute atomic E-state index is 0.175. The van der Waals surface area contributed by atoms with Gasteiger partial charge >= 0.3 is 11.9 Å². The van der Waals surface area contributed by atoms with Crippen molar-refractivity contribution >= 4 is 11.9 Å². The Bertz CT molecular complexity index is 414. The molecule has 0 saturated heterocycles. The van der Waals surface area contributed by atoms with Gasteiger partial charge in [-0.05, 0) is 37.5 Å². The lowest BCUT2D eigenvalue weighted by Gasteiger charge is -2.06. The number of aromatic carboxylic acids is 1. The number of carboxylic acids is 2. The maximum atomic E-state index is 10.7. The lowest BCUT2D eigenvalue weighted by Crippen LogP contribution is -2.01. The average molecular weight is 252 g/mol. The van der Waals surface area contributed by atoms with Gasteiger partial charge in [0.05, 0.1) is 12.2 Å². The number of hydrogen-bond donors (Lipinski definition) is 2. The molecule has 0 aliphatic heterocycles. The third-order valence-corrected chi connectivity index (χ3v) is 2.38. The summed E-state index contributed by atoms with van der Waals surface area (Å²) in [6, 6.07) is 6.30. The summed E-state index contributed by atoms with van der Waals surface area (Å²) in [7, 11) is 0. The van der Waals surface area contributed by atoms with Crippen molar-refractivity contribution in [3.63, 3.8) is 0 Å². The number of ether oxygens (including phenoxy) is 1. The van der Waals surface area contributed by atoms with Crippen LogP contribution in [0.3, 0.4) is 0 Å². The van der Waals surface area contributed by atoms with Crippen molar-refractivity contribution < 1.29 is 24.5 Å². The number of rotatable bonds is 8. The van der Waals surface area contributed by atoms with Crippen LogP contribution in [0.4, 0.5) is 0 Å². The zero-order chi connectivity index (χ0) is 13.4. The summed E-state index contributed by atoms with van der Waals surface area (Å²) in [6.45, 7) is 0.461. The SMILES string of the molecule is O=C(O)CCCCCOc1cccc(C(=O)O)c1. The molecule has 0 heterocycles. The molecule has 5 heteroatoms. The highest BCUT2D eigenvalue weighted by Gasteiger charge is 2.03. The number of aliphatic carboxylic acids is 1. The van der Waals surface area contributed by atoms with E-state index in [2.05, 4.69) is 0 Å². The van der Waals surface area contributed by atoms with Gasteiger partial charge in [0.1, 0.15) is 5.75 Å². The third-order valence-electron chi connectivity index (χ3n) is 2.38. The molecule has 0 aliphatic rings. The van der Waals surface area contributed by atoms with Crippen molar-refractivity contribution in [1.29, 1.82) is 0 Å². The van der Waals surface area contributed by atoms with Crippen molar-refractivity contribution in [3.8, 4) is 5.75 Å². The Balaban J connectivity index is 2.25. The van der Waals surface area contributed by atoms with E-state index in [1.807, 2.05) is 0 Å². The Hall–Kier alpha value is -2.04. The number of carbonyl (C=O) groups is 2. The van der Waals surface area contributed by atoms with E-state index in [4.69, 9.17) is 14.9 Å². The van der Waals surface area contributed by atoms with Crippen molar-refractivity contribution in [2.45, 2.75) is 25.7 Å². The van der Waals surface area contributed by atoms with Crippen LogP contribution in [0.15, 0.2) is 24.3 Å². The number of carboxylic acid groups (broad SMARTS) is 2. The van der Waals surface area contributed by atoms with Gasteiger partial charge in [-0.2, -0.15) is 0 Å². The number of hydrogen-bond acceptors (Lipinski definition) is 3. The Kier molecular flexibility index (Phi) is 5.70. The van der Waals surface area contributed by atoms with E-state index >= 15 is 0 Å². The molecule has 18 heavy (non-hydrogen) atoms. The normalized spacial score (nSPS) is 10.0. The van der Waals surface area contributed by atoms with Gasteiger partial charge in [-0.15, -0.1) is 0 Å². The van der Waals surface area contributed by atoms with Gasteiger partial charge in [0.2, 0.25) is 0 Å². The molecule has 0 radical (unpaired) electrons. The first kappa shape index (κ1) is 14.0. The quantitative estimate of drug-likeness (QED) is 0.694. The Morgan fingerprint density at radius 2 is 1.89 bits per heavy atom. The largest absolute Gasteiger partial charge is 0.494 e. The van der Waals surface area contributed by atoms with E-state index in [9.17, 15) is 9.59 Å². The second-order valence-corrected chi connectivity index (χ2v) is 3.89. The molecule has 2 N–H and O–H groups in total. The molecule has 1 aromatic rings. The third kappa shape index (κ3) is 5.34. The summed E-state index contributed by atoms with van der Waals surface area (Å²) in [5.41, 5.74) is 0.193. The molecular formula is C13H16O5. The second kappa shape index (κ2) is 7.32. The molecule has 0 unspecified atom stereocenters. The van der Waals surface area contributed by atoms with Crippen LogP contribution in [-0.4, -0.2) is 28.8 Å². The number of unbranched alkanes of at least 4 members (excludes halogenated alkanes) is 2. The van der Waals surface area contributed by atoms with Crippen molar-refractivity contribution in [3.05, 3.63) is 29.8 Å². The molecule has 1 aromatic carbocycles. The zero-order valence-electron chi connectivity index (χ0n) is 9.96. The molecule has 0 aromatic heterocycles. The Morgan fingerprint density at radius 1 is 1.11 bits per heavy atom. The molecule has 98 valence electrons. The van der Waals surface area contributed by atoms with Gasteiger partial charge in [-0.3, -0.25) is 4.79 Å². The van der Waals surface area contributed by atoms with Crippen LogP contribution in [0.1, 0.15) is 36.0 Å². The zero-order valence-corrected chi connectivity index (χ0v) is 9.96. The Morgan fingerprint density at radius 3 is 2.56 bits per heavy atom. The first-order chi connectivity index (χ1) is 8.59. The topological polar surface area (TPSA) is 83.8 Å². The fraction of sp³-hybridized carbons (Fsp3) is 0.385. The molecule has 0 spiro atoms. The van der Waals surface area contributed by atoms with Crippen molar-refractivity contribution in [2.24, 2.45) is 0 Å². The van der Waals surface area contributed by atoms with E-state index in [1.54, 1.807) is 12.1 Å². The van der Waals surface area contributed by atoms with Gasteiger partial charge < -0.3 is 14.9 Å². The summed E-state index contributed by atoms with van der Waals surface area (Å²) in [5, 5.41) is 17.2. The highest BCUT2D eigenvalue weighted by Crippen LogP contribution is 2.14. The fourth-order valence-electron chi connectivity index (χ4n) is 1.46. The van der Waals surface area contributed by atoms with Crippen LogP contribution >= 0.6 is 0 Å². The van der Waals surface area contributed by atoms with Gasteiger partial charge in [-0.25, -0.2) is 4.79 Å². The molecule has 0 saturated carbocycles. The maximum absolute atomic E-state index is 10.7. The standard InChI is InChI=1S/C13H16O5/c14-12(15)7-2-1-3-8-18-11-6-4-5-10(9-11)13(16)17/h4-6,9H,1-3,7-8H2,(H,14,15)(H,16,17). The van der Waals surface area contributed by atoms with E-state index in [0.717, 1.165) is 12.8 Å². The van der Waals surface area contributed by atoms with E-state index in [1.165, 1.54) is 12.1 Å². The van der Waals surface area contributed by atoms with E-state index < -0.39 is 11.9 Å². The lowest BCUT2D eigenvalue weighted by molar-refractivity contribution is -0.137. The van der Waals surface area contributed by atoms with Crippen LogP contribution in [0, 0.1) is 0 Å². The summed E-state index contributed by atoms with van der Waals surface area (Å²) in [5.74, 6) is -1.25. The smallest absolute Gasteiger partial charge is 0.335 e. The lowest BCUT2D eigenvalue weighted by atomic mass is 10.2. The molecule has 0 bridgehead atoms. The van der Waals surface area contributed by atoms with Gasteiger partial charge in [0.15, 0.2) is 0 Å². The monoisotopic (exact) mass is 252 g/mol. The molecule has 0 fully saturated rings. The minimum Gasteiger partial charge on any atom is -0.494 e.